The van der Waals surface area contributed by atoms with Gasteiger partial charge in [-0.2, -0.15) is 10.2 Å². The second-order valence-electron chi connectivity index (χ2n) is 7.06. The lowest BCUT2D eigenvalue weighted by molar-refractivity contribution is 0.0950. The Hall–Kier alpha value is -4.16. The number of halogens is 1. The average molecular weight is 457 g/mol. The van der Waals surface area contributed by atoms with Gasteiger partial charge in [0.05, 0.1) is 5.69 Å². The molecule has 0 unspecified atom stereocenters. The molecular formula is C26H21ClN4O2. The highest BCUT2D eigenvalue weighted by Crippen LogP contribution is 2.23. The van der Waals surface area contributed by atoms with E-state index in [1.165, 1.54) is 6.21 Å². The van der Waals surface area contributed by atoms with Crippen LogP contribution in [0.3, 0.4) is 0 Å². The minimum Gasteiger partial charge on any atom is -0.489 e. The third-order valence-corrected chi connectivity index (χ3v) is 5.11. The summed E-state index contributed by atoms with van der Waals surface area (Å²) in [5, 5.41) is 11.6. The Bertz CT molecular complexity index is 1260. The number of hydrogen-bond donors (Lipinski definition) is 2. The van der Waals surface area contributed by atoms with Crippen LogP contribution in [-0.4, -0.2) is 22.3 Å². The highest BCUT2D eigenvalue weighted by molar-refractivity contribution is 6.31. The first-order valence-electron chi connectivity index (χ1n) is 10.3. The fraction of sp³-hybridized carbons (Fsp3) is 0.0385. The Morgan fingerprint density at radius 1 is 1.03 bits per heavy atom. The van der Waals surface area contributed by atoms with Gasteiger partial charge in [-0.25, -0.2) is 5.43 Å². The smallest absolute Gasteiger partial charge is 0.289 e. The summed E-state index contributed by atoms with van der Waals surface area (Å²) >= 11 is 6.16. The molecule has 4 rings (SSSR count). The average Bonchev–Trinajstić information content (AvgIpc) is 3.35. The molecule has 1 aromatic heterocycles. The summed E-state index contributed by atoms with van der Waals surface area (Å²) in [7, 11) is 0. The minimum atomic E-state index is -0.377. The van der Waals surface area contributed by atoms with Gasteiger partial charge >= 0.3 is 0 Å². The van der Waals surface area contributed by atoms with Crippen LogP contribution in [0.15, 0.2) is 96.1 Å². The summed E-state index contributed by atoms with van der Waals surface area (Å²) < 4.78 is 5.80. The van der Waals surface area contributed by atoms with Crippen LogP contribution in [0.5, 0.6) is 5.75 Å². The fourth-order valence-corrected chi connectivity index (χ4v) is 3.19. The van der Waals surface area contributed by atoms with Gasteiger partial charge in [-0.3, -0.25) is 9.89 Å². The molecule has 0 saturated heterocycles. The molecule has 4 aromatic rings. The molecule has 3 aromatic carbocycles. The standard InChI is InChI=1S/C26H21ClN4O2/c27-23-11-5-4-10-21(23)18-33-22-14-12-20(13-15-22)24-17-25(30-29-24)26(32)31-28-16-6-9-19-7-2-1-3-8-19/h1-17H,18H2,(H,29,30)(H,31,32). The van der Waals surface area contributed by atoms with Gasteiger partial charge in [0.15, 0.2) is 0 Å². The zero-order chi connectivity index (χ0) is 22.9. The number of carbonyl (C=O) groups excluding carboxylic acids is 1. The molecule has 164 valence electrons. The van der Waals surface area contributed by atoms with Gasteiger partial charge in [-0.1, -0.05) is 66.2 Å². The lowest BCUT2D eigenvalue weighted by atomic mass is 10.1. The molecule has 7 heteroatoms. The van der Waals surface area contributed by atoms with Crippen molar-refractivity contribution in [2.45, 2.75) is 6.61 Å². The van der Waals surface area contributed by atoms with Crippen molar-refractivity contribution >= 4 is 29.8 Å². The van der Waals surface area contributed by atoms with Gasteiger partial charge in [0, 0.05) is 22.4 Å². The van der Waals surface area contributed by atoms with Crippen molar-refractivity contribution in [1.82, 2.24) is 15.6 Å². The van der Waals surface area contributed by atoms with Crippen molar-refractivity contribution < 1.29 is 9.53 Å². The Balaban J connectivity index is 1.31. The van der Waals surface area contributed by atoms with E-state index in [1.807, 2.05) is 84.9 Å². The number of ether oxygens (including phenoxy) is 1. The topological polar surface area (TPSA) is 79.4 Å². The maximum absolute atomic E-state index is 12.3. The zero-order valence-corrected chi connectivity index (χ0v) is 18.4. The number of allylic oxidation sites excluding steroid dienone is 1. The number of carbonyl (C=O) groups is 1. The van der Waals surface area contributed by atoms with E-state index < -0.39 is 0 Å². The van der Waals surface area contributed by atoms with Crippen molar-refractivity contribution in [2.24, 2.45) is 5.10 Å². The highest BCUT2D eigenvalue weighted by atomic mass is 35.5. The molecule has 0 bridgehead atoms. The number of amides is 1. The molecule has 0 fully saturated rings. The molecule has 0 radical (unpaired) electrons. The van der Waals surface area contributed by atoms with Gasteiger partial charge in [0.25, 0.3) is 5.91 Å². The summed E-state index contributed by atoms with van der Waals surface area (Å²) in [6.07, 6.45) is 5.17. The number of hydrazone groups is 1. The number of aromatic amines is 1. The van der Waals surface area contributed by atoms with Gasteiger partial charge in [0.2, 0.25) is 0 Å². The summed E-state index contributed by atoms with van der Waals surface area (Å²) in [6, 6.07) is 26.5. The Kier molecular flexibility index (Phi) is 7.30. The second kappa shape index (κ2) is 10.9. The lowest BCUT2D eigenvalue weighted by Gasteiger charge is -2.08. The third-order valence-electron chi connectivity index (χ3n) is 4.74. The van der Waals surface area contributed by atoms with Gasteiger partial charge in [-0.05, 0) is 48.0 Å². The van der Waals surface area contributed by atoms with E-state index in [0.29, 0.717) is 28.8 Å². The molecular weight excluding hydrogens is 436 g/mol. The molecule has 6 nitrogen and oxygen atoms in total. The fourth-order valence-electron chi connectivity index (χ4n) is 3.00. The Morgan fingerprint density at radius 3 is 2.58 bits per heavy atom. The number of nitrogens with one attached hydrogen (secondary N) is 2. The number of hydrogen-bond acceptors (Lipinski definition) is 4. The monoisotopic (exact) mass is 456 g/mol. The van der Waals surface area contributed by atoms with E-state index in [9.17, 15) is 4.79 Å². The quantitative estimate of drug-likeness (QED) is 0.262. The number of H-pyrrole nitrogens is 1. The third kappa shape index (κ3) is 6.18. The molecule has 0 atom stereocenters. The van der Waals surface area contributed by atoms with Crippen LogP contribution in [0, 0.1) is 0 Å². The van der Waals surface area contributed by atoms with Crippen LogP contribution in [0.25, 0.3) is 17.3 Å². The maximum atomic E-state index is 12.3. The van der Waals surface area contributed by atoms with Gasteiger partial charge < -0.3 is 4.74 Å². The van der Waals surface area contributed by atoms with Crippen LogP contribution in [-0.2, 0) is 6.61 Å². The lowest BCUT2D eigenvalue weighted by Crippen LogP contribution is -2.17. The normalized spacial score (nSPS) is 11.2. The minimum absolute atomic E-state index is 0.313. The molecule has 1 amide bonds. The predicted molar refractivity (Wildman–Crippen MR) is 131 cm³/mol. The van der Waals surface area contributed by atoms with E-state index in [1.54, 1.807) is 12.1 Å². The molecule has 2 N–H and O–H groups in total. The van der Waals surface area contributed by atoms with E-state index >= 15 is 0 Å². The molecule has 0 spiro atoms. The first kappa shape index (κ1) is 22.0. The summed E-state index contributed by atoms with van der Waals surface area (Å²) in [5.74, 6) is 0.336. The molecule has 33 heavy (non-hydrogen) atoms. The van der Waals surface area contributed by atoms with E-state index in [4.69, 9.17) is 16.3 Å². The van der Waals surface area contributed by atoms with Crippen molar-refractivity contribution in [1.29, 1.82) is 0 Å². The van der Waals surface area contributed by atoms with Crippen LogP contribution < -0.4 is 10.2 Å². The summed E-state index contributed by atoms with van der Waals surface area (Å²) in [6.45, 7) is 0.382. The van der Waals surface area contributed by atoms with Crippen molar-refractivity contribution in [2.75, 3.05) is 0 Å². The predicted octanol–water partition coefficient (Wildman–Crippen LogP) is 5.74. The number of rotatable bonds is 8. The largest absolute Gasteiger partial charge is 0.489 e. The summed E-state index contributed by atoms with van der Waals surface area (Å²) in [5.41, 5.74) is 6.25. The molecule has 1 heterocycles. The number of nitrogens with zero attached hydrogens (tertiary/aromatic N) is 2. The van der Waals surface area contributed by atoms with Crippen LogP contribution in [0.2, 0.25) is 5.02 Å². The molecule has 0 aliphatic rings. The van der Waals surface area contributed by atoms with E-state index in [-0.39, 0.29) is 5.91 Å². The molecule has 0 saturated carbocycles. The SMILES string of the molecule is O=C(NN=CC=Cc1ccccc1)c1cc(-c2ccc(OCc3ccccc3Cl)cc2)n[nH]1. The first-order chi connectivity index (χ1) is 16.2. The van der Waals surface area contributed by atoms with E-state index in [0.717, 1.165) is 16.7 Å². The maximum Gasteiger partial charge on any atom is 0.289 e. The summed E-state index contributed by atoms with van der Waals surface area (Å²) in [4.78, 5) is 12.3. The highest BCUT2D eigenvalue weighted by Gasteiger charge is 2.10. The second-order valence-corrected chi connectivity index (χ2v) is 7.47. The Morgan fingerprint density at radius 2 is 1.79 bits per heavy atom. The number of aromatic nitrogens is 2. The van der Waals surface area contributed by atoms with Gasteiger partial charge in [-0.15, -0.1) is 0 Å². The first-order valence-corrected chi connectivity index (χ1v) is 10.6. The Labute approximate surface area is 196 Å². The van der Waals surface area contributed by atoms with Crippen molar-refractivity contribution in [3.8, 4) is 17.0 Å². The van der Waals surface area contributed by atoms with Crippen LogP contribution in [0.4, 0.5) is 0 Å². The van der Waals surface area contributed by atoms with Crippen LogP contribution >= 0.6 is 11.6 Å². The van der Waals surface area contributed by atoms with Gasteiger partial charge in [0.1, 0.15) is 18.1 Å². The van der Waals surface area contributed by atoms with Crippen molar-refractivity contribution in [3.63, 3.8) is 0 Å². The molecule has 0 aliphatic carbocycles. The number of benzene rings is 3. The van der Waals surface area contributed by atoms with Crippen molar-refractivity contribution in [3.05, 3.63) is 113 Å². The van der Waals surface area contributed by atoms with E-state index in [2.05, 4.69) is 20.7 Å². The van der Waals surface area contributed by atoms with Crippen LogP contribution in [0.1, 0.15) is 21.6 Å². The molecule has 0 aliphatic heterocycles. The zero-order valence-electron chi connectivity index (χ0n) is 17.6.